The quantitative estimate of drug-likeness (QED) is 0.630. The van der Waals surface area contributed by atoms with Gasteiger partial charge in [-0.05, 0) is 32.0 Å². The molecule has 1 heterocycles. The molecule has 116 valence electrons. The number of aromatic nitrogens is 2. The molecule has 1 aromatic heterocycles. The molecule has 9 heteroatoms. The van der Waals surface area contributed by atoms with Gasteiger partial charge in [0.2, 0.25) is 0 Å². The van der Waals surface area contributed by atoms with E-state index < -0.39 is 33.8 Å². The van der Waals surface area contributed by atoms with Gasteiger partial charge in [0.1, 0.15) is 5.56 Å². The van der Waals surface area contributed by atoms with Crippen molar-refractivity contribution in [2.45, 2.75) is 20.0 Å². The van der Waals surface area contributed by atoms with Crippen molar-refractivity contribution in [3.63, 3.8) is 0 Å². The van der Waals surface area contributed by atoms with Gasteiger partial charge < -0.3 is 0 Å². The van der Waals surface area contributed by atoms with E-state index in [0.717, 1.165) is 10.7 Å². The molecule has 0 spiro atoms. The Morgan fingerprint density at radius 2 is 1.91 bits per heavy atom. The molecule has 0 radical (unpaired) electrons. The molecular weight excluding hydrogens is 303 g/mol. The van der Waals surface area contributed by atoms with Crippen molar-refractivity contribution >= 4 is 11.6 Å². The van der Waals surface area contributed by atoms with E-state index >= 15 is 0 Å². The first-order chi connectivity index (χ1) is 10.1. The largest absolute Gasteiger partial charge is 0.416 e. The number of nitro groups is 1. The summed E-state index contributed by atoms with van der Waals surface area (Å²) in [7, 11) is 0. The fraction of sp³-hybridized carbons (Fsp3) is 0.231. The summed E-state index contributed by atoms with van der Waals surface area (Å²) in [6.45, 7) is 3.19. The number of carbonyl (C=O) groups excluding carboxylic acids is 1. The molecule has 2 rings (SSSR count). The SMILES string of the molecule is Cc1cc(C)n(C(=O)c2ccc(C(F)(F)F)cc2[N+](=O)[O-])n1. The predicted octanol–water partition coefficient (Wildman–Crippen LogP) is 3.12. The number of rotatable bonds is 2. The molecule has 0 atom stereocenters. The maximum atomic E-state index is 12.6. The van der Waals surface area contributed by atoms with Crippen LogP contribution in [0.25, 0.3) is 0 Å². The van der Waals surface area contributed by atoms with E-state index in [0.29, 0.717) is 23.5 Å². The third-order valence-electron chi connectivity index (χ3n) is 2.95. The highest BCUT2D eigenvalue weighted by Crippen LogP contribution is 2.33. The van der Waals surface area contributed by atoms with E-state index in [1.165, 1.54) is 0 Å². The highest BCUT2D eigenvalue weighted by atomic mass is 19.4. The summed E-state index contributed by atoms with van der Waals surface area (Å²) in [5.41, 5.74) is -1.61. The summed E-state index contributed by atoms with van der Waals surface area (Å²) < 4.78 is 38.8. The lowest BCUT2D eigenvalue weighted by molar-refractivity contribution is -0.385. The molecule has 2 aromatic rings. The number of benzene rings is 1. The molecule has 0 unspecified atom stereocenters. The van der Waals surface area contributed by atoms with Crippen LogP contribution in [0.1, 0.15) is 27.3 Å². The first-order valence-electron chi connectivity index (χ1n) is 6.05. The molecule has 22 heavy (non-hydrogen) atoms. The Bertz CT molecular complexity index is 766. The monoisotopic (exact) mass is 313 g/mol. The van der Waals surface area contributed by atoms with E-state index in [-0.39, 0.29) is 0 Å². The van der Waals surface area contributed by atoms with Crippen LogP contribution in [-0.4, -0.2) is 20.6 Å². The number of hydrogen-bond donors (Lipinski definition) is 0. The Balaban J connectivity index is 2.58. The first-order valence-corrected chi connectivity index (χ1v) is 6.05. The van der Waals surface area contributed by atoms with Crippen LogP contribution in [0.2, 0.25) is 0 Å². The van der Waals surface area contributed by atoms with Gasteiger partial charge >= 0.3 is 6.18 Å². The van der Waals surface area contributed by atoms with Crippen molar-refractivity contribution < 1.29 is 22.9 Å². The maximum Gasteiger partial charge on any atom is 0.416 e. The molecule has 6 nitrogen and oxygen atoms in total. The Morgan fingerprint density at radius 1 is 1.27 bits per heavy atom. The molecule has 0 N–H and O–H groups in total. The van der Waals surface area contributed by atoms with Crippen LogP contribution in [0.3, 0.4) is 0 Å². The van der Waals surface area contributed by atoms with Gasteiger partial charge in [0.25, 0.3) is 11.6 Å². The number of hydrogen-bond acceptors (Lipinski definition) is 4. The summed E-state index contributed by atoms with van der Waals surface area (Å²) in [6, 6.07) is 3.35. The van der Waals surface area contributed by atoms with E-state index in [9.17, 15) is 28.1 Å². The van der Waals surface area contributed by atoms with Gasteiger partial charge in [0, 0.05) is 11.8 Å². The van der Waals surface area contributed by atoms with Crippen LogP contribution in [0.5, 0.6) is 0 Å². The summed E-state index contributed by atoms with van der Waals surface area (Å²) in [5, 5.41) is 14.9. The van der Waals surface area contributed by atoms with Crippen LogP contribution < -0.4 is 0 Å². The highest BCUT2D eigenvalue weighted by molar-refractivity contribution is 5.99. The topological polar surface area (TPSA) is 78.0 Å². The van der Waals surface area contributed by atoms with Gasteiger partial charge in [0.05, 0.1) is 16.2 Å². The van der Waals surface area contributed by atoms with Crippen molar-refractivity contribution in [1.29, 1.82) is 0 Å². The van der Waals surface area contributed by atoms with Gasteiger partial charge in [-0.15, -0.1) is 0 Å². The zero-order valence-electron chi connectivity index (χ0n) is 11.5. The van der Waals surface area contributed by atoms with Crippen molar-refractivity contribution in [1.82, 2.24) is 9.78 Å². The second-order valence-electron chi connectivity index (χ2n) is 4.63. The molecular formula is C13H10F3N3O3. The first kappa shape index (κ1) is 15.7. The van der Waals surface area contributed by atoms with Crippen molar-refractivity contribution in [3.8, 4) is 0 Å². The molecule has 0 aliphatic rings. The van der Waals surface area contributed by atoms with Gasteiger partial charge in [-0.3, -0.25) is 14.9 Å². The number of aryl methyl sites for hydroxylation is 2. The van der Waals surface area contributed by atoms with Crippen molar-refractivity contribution in [2.75, 3.05) is 0 Å². The molecule has 0 aliphatic carbocycles. The van der Waals surface area contributed by atoms with Crippen LogP contribution in [-0.2, 0) is 6.18 Å². The standard InChI is InChI=1S/C13H10F3N3O3/c1-7-5-8(2)18(17-7)12(20)10-4-3-9(13(14,15)16)6-11(10)19(21)22/h3-6H,1-2H3. The van der Waals surface area contributed by atoms with Crippen LogP contribution in [0.4, 0.5) is 18.9 Å². The smallest absolute Gasteiger partial charge is 0.266 e. The molecule has 0 saturated carbocycles. The van der Waals surface area contributed by atoms with Crippen molar-refractivity contribution in [3.05, 3.63) is 56.9 Å². The lowest BCUT2D eigenvalue weighted by atomic mass is 10.1. The van der Waals surface area contributed by atoms with Gasteiger partial charge in [-0.25, -0.2) is 4.68 Å². The molecule has 0 bridgehead atoms. The summed E-state index contributed by atoms with van der Waals surface area (Å²) in [4.78, 5) is 22.2. The normalized spacial score (nSPS) is 11.5. The number of nitrogens with zero attached hydrogens (tertiary/aromatic N) is 3. The maximum absolute atomic E-state index is 12.6. The minimum Gasteiger partial charge on any atom is -0.266 e. The van der Waals surface area contributed by atoms with E-state index in [4.69, 9.17) is 0 Å². The minimum atomic E-state index is -4.73. The molecule has 1 aromatic carbocycles. The summed E-state index contributed by atoms with van der Waals surface area (Å²) >= 11 is 0. The summed E-state index contributed by atoms with van der Waals surface area (Å²) in [5.74, 6) is -0.856. The fourth-order valence-corrected chi connectivity index (χ4v) is 1.99. The number of carbonyl (C=O) groups is 1. The Morgan fingerprint density at radius 3 is 2.36 bits per heavy atom. The van der Waals surface area contributed by atoms with Crippen LogP contribution >= 0.6 is 0 Å². The third-order valence-corrected chi connectivity index (χ3v) is 2.95. The zero-order valence-corrected chi connectivity index (χ0v) is 11.5. The summed E-state index contributed by atoms with van der Waals surface area (Å²) in [6.07, 6.45) is -4.73. The average Bonchev–Trinajstić information content (AvgIpc) is 2.75. The van der Waals surface area contributed by atoms with Gasteiger partial charge in [-0.2, -0.15) is 18.3 Å². The third kappa shape index (κ3) is 2.83. The predicted molar refractivity (Wildman–Crippen MR) is 69.5 cm³/mol. The number of halogens is 3. The van der Waals surface area contributed by atoms with Crippen LogP contribution in [0.15, 0.2) is 24.3 Å². The highest BCUT2D eigenvalue weighted by Gasteiger charge is 2.34. The van der Waals surface area contributed by atoms with Gasteiger partial charge in [0.15, 0.2) is 0 Å². The van der Waals surface area contributed by atoms with Crippen molar-refractivity contribution in [2.24, 2.45) is 0 Å². The lowest BCUT2D eigenvalue weighted by Gasteiger charge is -2.09. The molecule has 0 amide bonds. The van der Waals surface area contributed by atoms with Crippen LogP contribution in [0, 0.1) is 24.0 Å². The van der Waals surface area contributed by atoms with E-state index in [1.807, 2.05) is 0 Å². The van der Waals surface area contributed by atoms with E-state index in [1.54, 1.807) is 19.9 Å². The molecule has 0 fully saturated rings. The second-order valence-corrected chi connectivity index (χ2v) is 4.63. The molecule has 0 aliphatic heterocycles. The second kappa shape index (κ2) is 5.24. The molecule has 0 saturated heterocycles. The number of nitro benzene ring substituents is 1. The zero-order chi connectivity index (χ0) is 16.7. The average molecular weight is 313 g/mol. The van der Waals surface area contributed by atoms with Gasteiger partial charge in [-0.1, -0.05) is 0 Å². The Hall–Kier alpha value is -2.71. The lowest BCUT2D eigenvalue weighted by Crippen LogP contribution is -2.17. The number of alkyl halides is 3. The Labute approximate surface area is 122 Å². The minimum absolute atomic E-state index is 0.346. The Kier molecular flexibility index (Phi) is 3.74. The fourth-order valence-electron chi connectivity index (χ4n) is 1.99. The van der Waals surface area contributed by atoms with E-state index in [2.05, 4.69) is 5.10 Å².